The number of ether oxygens (including phenoxy) is 1. The molecule has 7 heteroatoms. The Bertz CT molecular complexity index is 723. The third-order valence-electron chi connectivity index (χ3n) is 3.44. The van der Waals surface area contributed by atoms with E-state index in [1.165, 1.54) is 0 Å². The van der Waals surface area contributed by atoms with Crippen LogP contribution in [0.25, 0.3) is 0 Å². The zero-order chi connectivity index (χ0) is 18.8. The zero-order valence-corrected chi connectivity index (χ0v) is 15.9. The fourth-order valence-electron chi connectivity index (χ4n) is 2.35. The number of nitrogens with one attached hydrogen (secondary N) is 1. The molecule has 0 saturated carbocycles. The minimum Gasteiger partial charge on any atom is -0.465 e. The minimum atomic E-state index is -3.76. The SMILES string of the molecule is CCOC(=O)[C@H](Cc1ccccc1)NP(=O)(OCC)Oc1ccccc1. The second-order valence-corrected chi connectivity index (χ2v) is 7.14. The van der Waals surface area contributed by atoms with E-state index in [0.29, 0.717) is 12.2 Å². The van der Waals surface area contributed by atoms with E-state index in [1.807, 2.05) is 36.4 Å². The molecule has 0 bridgehead atoms. The first-order valence-corrected chi connectivity index (χ1v) is 10.1. The number of rotatable bonds is 10. The van der Waals surface area contributed by atoms with Crippen LogP contribution in [0.5, 0.6) is 5.75 Å². The van der Waals surface area contributed by atoms with Gasteiger partial charge < -0.3 is 9.26 Å². The Morgan fingerprint density at radius 1 is 1.00 bits per heavy atom. The molecular weight excluding hydrogens is 353 g/mol. The molecule has 140 valence electrons. The Hall–Kier alpha value is -2.14. The molecule has 0 radical (unpaired) electrons. The number of carbonyl (C=O) groups excluding carboxylic acids is 1. The van der Waals surface area contributed by atoms with E-state index in [4.69, 9.17) is 13.8 Å². The third kappa shape index (κ3) is 6.30. The lowest BCUT2D eigenvalue weighted by Gasteiger charge is -2.24. The van der Waals surface area contributed by atoms with E-state index in [2.05, 4.69) is 5.09 Å². The normalized spacial score (nSPS) is 14.2. The Balaban J connectivity index is 2.20. The Kier molecular flexibility index (Phi) is 7.85. The minimum absolute atomic E-state index is 0.165. The van der Waals surface area contributed by atoms with Crippen LogP contribution in [0.3, 0.4) is 0 Å². The van der Waals surface area contributed by atoms with Crippen molar-refractivity contribution in [1.29, 1.82) is 0 Å². The number of hydrogen-bond acceptors (Lipinski definition) is 5. The summed E-state index contributed by atoms with van der Waals surface area (Å²) in [5, 5.41) is 2.75. The molecule has 2 aromatic rings. The summed E-state index contributed by atoms with van der Waals surface area (Å²) in [4.78, 5) is 12.4. The second-order valence-electron chi connectivity index (χ2n) is 5.44. The summed E-state index contributed by atoms with van der Waals surface area (Å²) in [7, 11) is -3.76. The highest BCUT2D eigenvalue weighted by atomic mass is 31.2. The number of esters is 1. The van der Waals surface area contributed by atoms with Crippen molar-refractivity contribution in [2.75, 3.05) is 13.2 Å². The summed E-state index contributed by atoms with van der Waals surface area (Å²) in [6.07, 6.45) is 0.300. The quantitative estimate of drug-likeness (QED) is 0.499. The van der Waals surface area contributed by atoms with Crippen LogP contribution in [0.1, 0.15) is 19.4 Å². The van der Waals surface area contributed by atoms with E-state index in [0.717, 1.165) is 5.56 Å². The molecule has 0 spiro atoms. The molecule has 6 nitrogen and oxygen atoms in total. The highest BCUT2D eigenvalue weighted by molar-refractivity contribution is 7.52. The lowest BCUT2D eigenvalue weighted by Crippen LogP contribution is -2.39. The maximum atomic E-state index is 13.1. The zero-order valence-electron chi connectivity index (χ0n) is 15.0. The molecule has 0 aromatic heterocycles. The highest BCUT2D eigenvalue weighted by Gasteiger charge is 2.34. The maximum absolute atomic E-state index is 13.1. The van der Waals surface area contributed by atoms with E-state index in [-0.39, 0.29) is 13.2 Å². The first-order chi connectivity index (χ1) is 12.6. The molecule has 0 amide bonds. The van der Waals surface area contributed by atoms with Crippen molar-refractivity contribution < 1.29 is 23.1 Å². The topological polar surface area (TPSA) is 73.9 Å². The number of carbonyl (C=O) groups is 1. The molecule has 0 saturated heterocycles. The molecule has 26 heavy (non-hydrogen) atoms. The molecule has 2 atom stereocenters. The smallest absolute Gasteiger partial charge is 0.459 e. The Morgan fingerprint density at radius 2 is 1.62 bits per heavy atom. The van der Waals surface area contributed by atoms with Crippen LogP contribution in [0.4, 0.5) is 0 Å². The maximum Gasteiger partial charge on any atom is 0.459 e. The summed E-state index contributed by atoms with van der Waals surface area (Å²) in [5.74, 6) is -0.118. The molecule has 1 unspecified atom stereocenters. The number of benzene rings is 2. The first kappa shape index (κ1) is 20.2. The van der Waals surface area contributed by atoms with Crippen molar-refractivity contribution >= 4 is 13.7 Å². The standard InChI is InChI=1S/C19H24NO5P/c1-3-23-19(21)18(15-16-11-7-5-8-12-16)20-26(22,24-4-2)25-17-13-9-6-10-14-17/h5-14,18H,3-4,15H2,1-2H3,(H,20,22)/t18-,26?/m0/s1. The van der Waals surface area contributed by atoms with Crippen molar-refractivity contribution in [2.24, 2.45) is 0 Å². The molecule has 0 heterocycles. The molecule has 0 aliphatic rings. The van der Waals surface area contributed by atoms with Crippen LogP contribution in [-0.2, 0) is 25.0 Å². The number of hydrogen-bond donors (Lipinski definition) is 1. The monoisotopic (exact) mass is 377 g/mol. The van der Waals surface area contributed by atoms with Gasteiger partial charge >= 0.3 is 13.7 Å². The van der Waals surface area contributed by atoms with Gasteiger partial charge in [0.2, 0.25) is 0 Å². The predicted octanol–water partition coefficient (Wildman–Crippen LogP) is 3.97. The van der Waals surface area contributed by atoms with Crippen molar-refractivity contribution in [3.05, 3.63) is 66.2 Å². The van der Waals surface area contributed by atoms with Gasteiger partial charge in [-0.25, -0.2) is 4.57 Å². The predicted molar refractivity (Wildman–Crippen MR) is 100 cm³/mol. The van der Waals surface area contributed by atoms with Crippen LogP contribution in [0.2, 0.25) is 0 Å². The van der Waals surface area contributed by atoms with Crippen LogP contribution in [-0.4, -0.2) is 25.2 Å². The Labute approximate surface area is 154 Å². The summed E-state index contributed by atoms with van der Waals surface area (Å²) in [6.45, 7) is 3.82. The van der Waals surface area contributed by atoms with Gasteiger partial charge in [-0.05, 0) is 38.0 Å². The van der Waals surface area contributed by atoms with Gasteiger partial charge in [-0.2, -0.15) is 5.09 Å². The summed E-state index contributed by atoms with van der Waals surface area (Å²) < 4.78 is 29.1. The van der Waals surface area contributed by atoms with Gasteiger partial charge in [0, 0.05) is 0 Å². The van der Waals surface area contributed by atoms with Gasteiger partial charge in [0.05, 0.1) is 13.2 Å². The van der Waals surface area contributed by atoms with Crippen molar-refractivity contribution in [3.63, 3.8) is 0 Å². The molecular formula is C19H24NO5P. The largest absolute Gasteiger partial charge is 0.465 e. The number of para-hydroxylation sites is 1. The van der Waals surface area contributed by atoms with E-state index in [1.54, 1.807) is 38.1 Å². The van der Waals surface area contributed by atoms with Gasteiger partial charge in [-0.15, -0.1) is 0 Å². The third-order valence-corrected chi connectivity index (χ3v) is 5.11. The lowest BCUT2D eigenvalue weighted by molar-refractivity contribution is -0.145. The van der Waals surface area contributed by atoms with E-state index in [9.17, 15) is 9.36 Å². The highest BCUT2D eigenvalue weighted by Crippen LogP contribution is 2.44. The molecule has 1 N–H and O–H groups in total. The summed E-state index contributed by atoms with van der Waals surface area (Å²) >= 11 is 0. The van der Waals surface area contributed by atoms with Crippen molar-refractivity contribution in [3.8, 4) is 5.75 Å². The first-order valence-electron chi connectivity index (χ1n) is 8.54. The average Bonchev–Trinajstić information content (AvgIpc) is 2.63. The summed E-state index contributed by atoms with van der Waals surface area (Å²) in [6, 6.07) is 17.2. The van der Waals surface area contributed by atoms with Crippen molar-refractivity contribution in [2.45, 2.75) is 26.3 Å². The van der Waals surface area contributed by atoms with Gasteiger partial charge in [0.15, 0.2) is 0 Å². The van der Waals surface area contributed by atoms with Crippen molar-refractivity contribution in [1.82, 2.24) is 5.09 Å². The van der Waals surface area contributed by atoms with Crippen LogP contribution in [0.15, 0.2) is 60.7 Å². The van der Waals surface area contributed by atoms with Crippen LogP contribution >= 0.6 is 7.75 Å². The average molecular weight is 377 g/mol. The molecule has 0 aliphatic heterocycles. The van der Waals surface area contributed by atoms with Crippen LogP contribution < -0.4 is 9.61 Å². The van der Waals surface area contributed by atoms with Gasteiger partial charge in [-0.3, -0.25) is 9.32 Å². The second kappa shape index (κ2) is 10.1. The molecule has 2 aromatic carbocycles. The Morgan fingerprint density at radius 3 is 2.19 bits per heavy atom. The van der Waals surface area contributed by atoms with Gasteiger partial charge in [-0.1, -0.05) is 48.5 Å². The summed E-state index contributed by atoms with van der Waals surface area (Å²) in [5.41, 5.74) is 0.904. The van der Waals surface area contributed by atoms with E-state index < -0.39 is 19.8 Å². The molecule has 2 rings (SSSR count). The van der Waals surface area contributed by atoms with Gasteiger partial charge in [0.1, 0.15) is 11.8 Å². The molecule has 0 fully saturated rings. The van der Waals surface area contributed by atoms with Gasteiger partial charge in [0.25, 0.3) is 0 Å². The lowest BCUT2D eigenvalue weighted by atomic mass is 10.1. The fraction of sp³-hybridized carbons (Fsp3) is 0.316. The fourth-order valence-corrected chi connectivity index (χ4v) is 3.84. The van der Waals surface area contributed by atoms with E-state index >= 15 is 0 Å². The van der Waals surface area contributed by atoms with Crippen LogP contribution in [0, 0.1) is 0 Å². The molecule has 0 aliphatic carbocycles.